The Bertz CT molecular complexity index is 364. The van der Waals surface area contributed by atoms with Crippen LogP contribution in [-0.4, -0.2) is 14.5 Å². The summed E-state index contributed by atoms with van der Waals surface area (Å²) in [6, 6.07) is 2.00. The molecule has 0 fully saturated rings. The zero-order valence-corrected chi connectivity index (χ0v) is 6.36. The zero-order valence-electron chi connectivity index (χ0n) is 6.36. The van der Waals surface area contributed by atoms with E-state index in [-0.39, 0.29) is 0 Å². The Hall–Kier alpha value is -1.38. The molecule has 56 valence electrons. The molecule has 0 radical (unpaired) electrons. The highest BCUT2D eigenvalue weighted by molar-refractivity contribution is 5.74. The molecule has 0 saturated carbocycles. The van der Waals surface area contributed by atoms with Crippen molar-refractivity contribution in [2.75, 3.05) is 0 Å². The van der Waals surface area contributed by atoms with E-state index >= 15 is 0 Å². The minimum atomic E-state index is 0.969. The number of nitrogens with zero attached hydrogens (tertiary/aromatic N) is 3. The van der Waals surface area contributed by atoms with Gasteiger partial charge in [-0.3, -0.25) is 0 Å². The summed E-state index contributed by atoms with van der Waals surface area (Å²) in [7, 11) is 0. The molecule has 0 bridgehead atoms. The Labute approximate surface area is 64.7 Å². The van der Waals surface area contributed by atoms with Gasteiger partial charge in [-0.15, -0.1) is 0 Å². The summed E-state index contributed by atoms with van der Waals surface area (Å²) in [5.41, 5.74) is 2.12. The lowest BCUT2D eigenvalue weighted by atomic mass is 10.5. The van der Waals surface area contributed by atoms with Crippen LogP contribution in [0.4, 0.5) is 0 Å². The maximum Gasteiger partial charge on any atom is 0.116 e. The normalized spacial score (nSPS) is 10.6. The molecule has 2 aromatic rings. The number of fused-ring (bicyclic) bond motifs is 1. The van der Waals surface area contributed by atoms with E-state index in [1.165, 1.54) is 0 Å². The van der Waals surface area contributed by atoms with Crippen LogP contribution in [0.3, 0.4) is 0 Å². The van der Waals surface area contributed by atoms with Crippen LogP contribution >= 0.6 is 0 Å². The highest BCUT2D eigenvalue weighted by Crippen LogP contribution is 2.09. The molecule has 0 aliphatic rings. The van der Waals surface area contributed by atoms with Crippen LogP contribution in [0.5, 0.6) is 0 Å². The average Bonchev–Trinajstić information content (AvgIpc) is 2.47. The molecule has 0 unspecified atom stereocenters. The van der Waals surface area contributed by atoms with Crippen molar-refractivity contribution in [2.45, 2.75) is 13.5 Å². The molecule has 0 atom stereocenters. The van der Waals surface area contributed by atoms with Gasteiger partial charge < -0.3 is 4.57 Å². The summed E-state index contributed by atoms with van der Waals surface area (Å²) in [6.45, 7) is 3.07. The van der Waals surface area contributed by atoms with Gasteiger partial charge in [0.05, 0.1) is 17.2 Å². The molecule has 2 rings (SSSR count). The standard InChI is InChI=1S/C8H9N3/c1-2-11-4-3-7-8(11)5-9-6-10-7/h3-6H,2H2,1H3. The van der Waals surface area contributed by atoms with Crippen molar-refractivity contribution in [1.29, 1.82) is 0 Å². The summed E-state index contributed by atoms with van der Waals surface area (Å²) in [4.78, 5) is 8.08. The Morgan fingerprint density at radius 1 is 1.55 bits per heavy atom. The fourth-order valence-corrected chi connectivity index (χ4v) is 1.20. The van der Waals surface area contributed by atoms with Crippen molar-refractivity contribution in [3.05, 3.63) is 24.8 Å². The number of rotatable bonds is 1. The van der Waals surface area contributed by atoms with Crippen LogP contribution in [0.2, 0.25) is 0 Å². The molecule has 3 heteroatoms. The van der Waals surface area contributed by atoms with Crippen LogP contribution < -0.4 is 0 Å². The second kappa shape index (κ2) is 2.34. The number of aryl methyl sites for hydroxylation is 1. The van der Waals surface area contributed by atoms with Crippen LogP contribution in [0.15, 0.2) is 24.8 Å². The van der Waals surface area contributed by atoms with Gasteiger partial charge in [0, 0.05) is 12.7 Å². The molecule has 0 amide bonds. The predicted molar refractivity (Wildman–Crippen MR) is 43.2 cm³/mol. The van der Waals surface area contributed by atoms with Gasteiger partial charge in [-0.1, -0.05) is 0 Å². The monoisotopic (exact) mass is 147 g/mol. The lowest BCUT2D eigenvalue weighted by Gasteiger charge is -1.96. The van der Waals surface area contributed by atoms with Gasteiger partial charge in [0.1, 0.15) is 6.33 Å². The Morgan fingerprint density at radius 3 is 3.27 bits per heavy atom. The smallest absolute Gasteiger partial charge is 0.116 e. The van der Waals surface area contributed by atoms with Gasteiger partial charge in [-0.05, 0) is 13.0 Å². The summed E-state index contributed by atoms with van der Waals surface area (Å²) >= 11 is 0. The largest absolute Gasteiger partial charge is 0.345 e. The van der Waals surface area contributed by atoms with Gasteiger partial charge in [0.2, 0.25) is 0 Å². The molecule has 2 aromatic heterocycles. The second-order valence-electron chi connectivity index (χ2n) is 2.39. The number of hydrogen-bond donors (Lipinski definition) is 0. The summed E-state index contributed by atoms with van der Waals surface area (Å²) in [5.74, 6) is 0. The van der Waals surface area contributed by atoms with Crippen molar-refractivity contribution in [3.8, 4) is 0 Å². The maximum absolute atomic E-state index is 4.12. The molecule has 0 aromatic carbocycles. The van der Waals surface area contributed by atoms with Gasteiger partial charge in [-0.25, -0.2) is 9.97 Å². The fraction of sp³-hybridized carbons (Fsp3) is 0.250. The number of hydrogen-bond acceptors (Lipinski definition) is 2. The summed E-state index contributed by atoms with van der Waals surface area (Å²) < 4.78 is 2.12. The first-order valence-electron chi connectivity index (χ1n) is 3.66. The van der Waals surface area contributed by atoms with E-state index in [0.29, 0.717) is 0 Å². The van der Waals surface area contributed by atoms with E-state index < -0.39 is 0 Å². The number of aromatic nitrogens is 3. The SMILES string of the molecule is CCn1ccc2ncncc21. The zero-order chi connectivity index (χ0) is 7.68. The quantitative estimate of drug-likeness (QED) is 0.611. The van der Waals surface area contributed by atoms with Gasteiger partial charge in [-0.2, -0.15) is 0 Å². The van der Waals surface area contributed by atoms with Crippen molar-refractivity contribution in [1.82, 2.24) is 14.5 Å². The molecule has 0 spiro atoms. The second-order valence-corrected chi connectivity index (χ2v) is 2.39. The van der Waals surface area contributed by atoms with Crippen LogP contribution in [0.1, 0.15) is 6.92 Å². The molecular weight excluding hydrogens is 138 g/mol. The third kappa shape index (κ3) is 0.888. The van der Waals surface area contributed by atoms with Crippen molar-refractivity contribution < 1.29 is 0 Å². The first kappa shape index (κ1) is 6.34. The molecule has 0 saturated heterocycles. The molecular formula is C8H9N3. The molecule has 0 aliphatic carbocycles. The van der Waals surface area contributed by atoms with Crippen molar-refractivity contribution >= 4 is 11.0 Å². The van der Waals surface area contributed by atoms with E-state index in [2.05, 4.69) is 21.5 Å². The lowest BCUT2D eigenvalue weighted by Crippen LogP contribution is -1.91. The lowest BCUT2D eigenvalue weighted by molar-refractivity contribution is 0.795. The van der Waals surface area contributed by atoms with Gasteiger partial charge in [0.25, 0.3) is 0 Å². The Morgan fingerprint density at radius 2 is 2.45 bits per heavy atom. The fourth-order valence-electron chi connectivity index (χ4n) is 1.20. The van der Waals surface area contributed by atoms with Crippen LogP contribution in [0.25, 0.3) is 11.0 Å². The van der Waals surface area contributed by atoms with E-state index in [1.807, 2.05) is 18.5 Å². The van der Waals surface area contributed by atoms with Crippen LogP contribution in [0, 0.1) is 0 Å². The Kier molecular flexibility index (Phi) is 1.35. The molecule has 0 N–H and O–H groups in total. The minimum Gasteiger partial charge on any atom is -0.345 e. The first-order valence-corrected chi connectivity index (χ1v) is 3.66. The first-order chi connectivity index (χ1) is 5.42. The third-order valence-corrected chi connectivity index (χ3v) is 1.79. The van der Waals surface area contributed by atoms with E-state index in [9.17, 15) is 0 Å². The maximum atomic E-state index is 4.12. The van der Waals surface area contributed by atoms with Gasteiger partial charge in [0.15, 0.2) is 0 Å². The van der Waals surface area contributed by atoms with E-state index in [4.69, 9.17) is 0 Å². The predicted octanol–water partition coefficient (Wildman–Crippen LogP) is 1.45. The highest BCUT2D eigenvalue weighted by Gasteiger charge is 1.97. The van der Waals surface area contributed by atoms with Crippen molar-refractivity contribution in [3.63, 3.8) is 0 Å². The summed E-state index contributed by atoms with van der Waals surface area (Å²) in [6.07, 6.45) is 5.44. The van der Waals surface area contributed by atoms with E-state index in [0.717, 1.165) is 17.6 Å². The van der Waals surface area contributed by atoms with E-state index in [1.54, 1.807) is 6.33 Å². The molecule has 11 heavy (non-hydrogen) atoms. The average molecular weight is 147 g/mol. The molecule has 2 heterocycles. The van der Waals surface area contributed by atoms with Crippen molar-refractivity contribution in [2.24, 2.45) is 0 Å². The molecule has 0 aliphatic heterocycles. The van der Waals surface area contributed by atoms with Crippen LogP contribution in [-0.2, 0) is 6.54 Å². The minimum absolute atomic E-state index is 0.969. The highest BCUT2D eigenvalue weighted by atomic mass is 15.0. The topological polar surface area (TPSA) is 30.7 Å². The van der Waals surface area contributed by atoms with Gasteiger partial charge >= 0.3 is 0 Å². The Balaban J connectivity index is 2.76. The third-order valence-electron chi connectivity index (χ3n) is 1.79. The molecule has 3 nitrogen and oxygen atoms in total. The summed E-state index contributed by atoms with van der Waals surface area (Å²) in [5, 5.41) is 0.